The first-order valence-corrected chi connectivity index (χ1v) is 7.64. The molecule has 0 saturated carbocycles. The molecule has 1 aromatic rings. The highest BCUT2D eigenvalue weighted by molar-refractivity contribution is 5.87. The van der Waals surface area contributed by atoms with Gasteiger partial charge in [-0.1, -0.05) is 38.1 Å². The quantitative estimate of drug-likeness (QED) is 0.621. The Kier molecular flexibility index (Phi) is 6.07. The highest BCUT2D eigenvalue weighted by atomic mass is 16.7. The number of hydrogen-bond donors (Lipinski definition) is 1. The van der Waals surface area contributed by atoms with E-state index in [1.165, 1.54) is 5.56 Å². The lowest BCUT2D eigenvalue weighted by Gasteiger charge is -2.03. The largest absolute Gasteiger partial charge is 0.454 e. The number of nitrogens with one attached hydrogen (secondary N) is 1. The molecule has 4 nitrogen and oxygen atoms in total. The van der Waals surface area contributed by atoms with E-state index in [0.717, 1.165) is 24.3 Å². The van der Waals surface area contributed by atoms with Crippen molar-refractivity contribution in [3.05, 3.63) is 48.1 Å². The number of amides is 1. The minimum atomic E-state index is -0.0471. The van der Waals surface area contributed by atoms with Crippen LogP contribution in [0.5, 0.6) is 11.5 Å². The van der Waals surface area contributed by atoms with E-state index in [4.69, 9.17) is 9.47 Å². The zero-order valence-electron chi connectivity index (χ0n) is 13.2. The Hall–Kier alpha value is -2.23. The first-order valence-electron chi connectivity index (χ1n) is 7.64. The summed E-state index contributed by atoms with van der Waals surface area (Å²) in [6.07, 6.45) is 9.13. The van der Waals surface area contributed by atoms with Gasteiger partial charge >= 0.3 is 0 Å². The molecule has 1 aromatic carbocycles. The van der Waals surface area contributed by atoms with Crippen LogP contribution in [0.15, 0.2) is 42.5 Å². The van der Waals surface area contributed by atoms with Crippen molar-refractivity contribution in [2.45, 2.75) is 26.7 Å². The molecule has 0 spiro atoms. The number of benzene rings is 1. The van der Waals surface area contributed by atoms with Gasteiger partial charge in [-0.3, -0.25) is 4.79 Å². The lowest BCUT2D eigenvalue weighted by atomic mass is 10.1. The van der Waals surface area contributed by atoms with E-state index >= 15 is 0 Å². The summed E-state index contributed by atoms with van der Waals surface area (Å²) in [4.78, 5) is 11.5. The number of aryl methyl sites for hydroxylation is 1. The van der Waals surface area contributed by atoms with Crippen molar-refractivity contribution in [3.8, 4) is 11.5 Å². The zero-order chi connectivity index (χ0) is 15.8. The van der Waals surface area contributed by atoms with Crippen LogP contribution in [-0.4, -0.2) is 19.2 Å². The van der Waals surface area contributed by atoms with Crippen molar-refractivity contribution in [1.29, 1.82) is 0 Å². The molecule has 1 aliphatic rings. The average molecular weight is 301 g/mol. The third-order valence-electron chi connectivity index (χ3n) is 3.22. The van der Waals surface area contributed by atoms with Crippen LogP contribution in [0, 0.1) is 5.92 Å². The third-order valence-corrected chi connectivity index (χ3v) is 3.22. The van der Waals surface area contributed by atoms with Crippen molar-refractivity contribution < 1.29 is 14.3 Å². The summed E-state index contributed by atoms with van der Waals surface area (Å²) in [5.74, 6) is 2.06. The van der Waals surface area contributed by atoms with Crippen LogP contribution in [0.1, 0.15) is 25.8 Å². The van der Waals surface area contributed by atoms with Gasteiger partial charge in [0.25, 0.3) is 0 Å². The van der Waals surface area contributed by atoms with Gasteiger partial charge in [-0.05, 0) is 36.5 Å². The first kappa shape index (κ1) is 16.1. The molecule has 0 unspecified atom stereocenters. The summed E-state index contributed by atoms with van der Waals surface area (Å²) in [7, 11) is 0. The van der Waals surface area contributed by atoms with Gasteiger partial charge in [0.2, 0.25) is 12.7 Å². The van der Waals surface area contributed by atoms with E-state index in [9.17, 15) is 4.79 Å². The number of ether oxygens (including phenoxy) is 2. The number of hydrogen-bond acceptors (Lipinski definition) is 3. The van der Waals surface area contributed by atoms with Crippen LogP contribution in [0.4, 0.5) is 0 Å². The fourth-order valence-electron chi connectivity index (χ4n) is 2.03. The molecule has 0 saturated heterocycles. The smallest absolute Gasteiger partial charge is 0.243 e. The molecule has 1 amide bonds. The van der Waals surface area contributed by atoms with E-state index in [2.05, 4.69) is 31.3 Å². The Balaban J connectivity index is 1.68. The fraction of sp³-hybridized carbons (Fsp3) is 0.389. The van der Waals surface area contributed by atoms with E-state index in [1.54, 1.807) is 12.2 Å². The van der Waals surface area contributed by atoms with Gasteiger partial charge in [-0.2, -0.15) is 0 Å². The van der Waals surface area contributed by atoms with Crippen LogP contribution >= 0.6 is 0 Å². The second-order valence-electron chi connectivity index (χ2n) is 5.65. The third kappa shape index (κ3) is 5.28. The summed E-state index contributed by atoms with van der Waals surface area (Å²) < 4.78 is 10.6. The molecule has 0 atom stereocenters. The normalized spacial score (nSPS) is 13.4. The molecule has 1 N–H and O–H groups in total. The van der Waals surface area contributed by atoms with E-state index in [0.29, 0.717) is 19.3 Å². The van der Waals surface area contributed by atoms with E-state index in [1.807, 2.05) is 18.2 Å². The van der Waals surface area contributed by atoms with Crippen molar-refractivity contribution in [3.63, 3.8) is 0 Å². The predicted octanol–water partition coefficient (Wildman–Crippen LogP) is 3.23. The number of rotatable bonds is 7. The van der Waals surface area contributed by atoms with Gasteiger partial charge in [0.15, 0.2) is 11.5 Å². The average Bonchev–Trinajstić information content (AvgIpc) is 2.96. The minimum Gasteiger partial charge on any atom is -0.454 e. The summed E-state index contributed by atoms with van der Waals surface area (Å²) in [6.45, 7) is 5.15. The maximum atomic E-state index is 11.5. The monoisotopic (exact) mass is 301 g/mol. The van der Waals surface area contributed by atoms with Crippen LogP contribution in [-0.2, 0) is 11.2 Å². The minimum absolute atomic E-state index is 0.0471. The molecule has 0 bridgehead atoms. The molecule has 0 aliphatic carbocycles. The van der Waals surface area contributed by atoms with Crippen molar-refractivity contribution in [2.75, 3.05) is 13.3 Å². The fourth-order valence-corrected chi connectivity index (χ4v) is 2.03. The molecule has 1 aliphatic heterocycles. The van der Waals surface area contributed by atoms with Crippen LogP contribution in [0.25, 0.3) is 0 Å². The summed E-state index contributed by atoms with van der Waals surface area (Å²) in [5.41, 5.74) is 1.22. The molecular formula is C18H23NO3. The summed E-state index contributed by atoms with van der Waals surface area (Å²) in [5, 5.41) is 2.84. The topological polar surface area (TPSA) is 47.6 Å². The highest BCUT2D eigenvalue weighted by Gasteiger charge is 2.12. The van der Waals surface area contributed by atoms with Gasteiger partial charge in [0, 0.05) is 12.6 Å². The predicted molar refractivity (Wildman–Crippen MR) is 87.0 cm³/mol. The Morgan fingerprint density at radius 3 is 2.91 bits per heavy atom. The van der Waals surface area contributed by atoms with Crippen molar-refractivity contribution in [1.82, 2.24) is 5.32 Å². The second kappa shape index (κ2) is 8.27. The maximum Gasteiger partial charge on any atom is 0.243 e. The Bertz CT molecular complexity index is 561. The molecule has 1 heterocycles. The molecular weight excluding hydrogens is 278 g/mol. The summed E-state index contributed by atoms with van der Waals surface area (Å²) in [6, 6.07) is 6.02. The van der Waals surface area contributed by atoms with Crippen LogP contribution in [0.2, 0.25) is 0 Å². The van der Waals surface area contributed by atoms with Gasteiger partial charge in [-0.15, -0.1) is 0 Å². The molecule has 118 valence electrons. The zero-order valence-corrected chi connectivity index (χ0v) is 13.2. The molecule has 4 heteroatoms. The molecule has 0 fully saturated rings. The number of allylic oxidation sites excluding steroid dienone is 3. The van der Waals surface area contributed by atoms with Crippen molar-refractivity contribution in [2.24, 2.45) is 5.92 Å². The second-order valence-corrected chi connectivity index (χ2v) is 5.65. The van der Waals surface area contributed by atoms with Gasteiger partial charge in [0.05, 0.1) is 0 Å². The standard InChI is InChI=1S/C18H23NO3/c1-14(2)12-19-18(20)8-6-4-3-5-7-15-9-10-16-17(11-15)22-13-21-16/h3-4,6,8-11,14H,5,7,12-13H2,1-2H3,(H,19,20)/b4-3+,8-6+. The van der Waals surface area contributed by atoms with E-state index < -0.39 is 0 Å². The Morgan fingerprint density at radius 2 is 2.09 bits per heavy atom. The lowest BCUT2D eigenvalue weighted by molar-refractivity contribution is -0.116. The molecule has 0 radical (unpaired) electrons. The van der Waals surface area contributed by atoms with E-state index in [-0.39, 0.29) is 5.91 Å². The highest BCUT2D eigenvalue weighted by Crippen LogP contribution is 2.32. The number of carbonyl (C=O) groups excluding carboxylic acids is 1. The van der Waals surface area contributed by atoms with Crippen LogP contribution < -0.4 is 14.8 Å². The number of carbonyl (C=O) groups is 1. The molecule has 0 aromatic heterocycles. The summed E-state index contributed by atoms with van der Waals surface area (Å²) >= 11 is 0. The van der Waals surface area contributed by atoms with Gasteiger partial charge in [0.1, 0.15) is 0 Å². The van der Waals surface area contributed by atoms with Crippen molar-refractivity contribution >= 4 is 5.91 Å². The maximum absolute atomic E-state index is 11.5. The molecule has 22 heavy (non-hydrogen) atoms. The number of fused-ring (bicyclic) bond motifs is 1. The molecule has 2 rings (SSSR count). The van der Waals surface area contributed by atoms with Gasteiger partial charge in [-0.25, -0.2) is 0 Å². The van der Waals surface area contributed by atoms with Crippen LogP contribution in [0.3, 0.4) is 0 Å². The lowest BCUT2D eigenvalue weighted by Crippen LogP contribution is -2.25. The SMILES string of the molecule is CC(C)CNC(=O)/C=C/C=C/CCc1ccc2c(c1)OCO2. The Morgan fingerprint density at radius 1 is 1.27 bits per heavy atom. The first-order chi connectivity index (χ1) is 10.6. The van der Waals surface area contributed by atoms with Gasteiger partial charge < -0.3 is 14.8 Å². The Labute approximate surface area is 131 Å².